The van der Waals surface area contributed by atoms with Crippen LogP contribution in [-0.2, 0) is 0 Å². The van der Waals surface area contributed by atoms with Gasteiger partial charge < -0.3 is 9.64 Å². The molecule has 1 atom stereocenters. The van der Waals surface area contributed by atoms with E-state index in [9.17, 15) is 9.59 Å². The molecule has 2 aromatic carbocycles. The van der Waals surface area contributed by atoms with Crippen molar-refractivity contribution in [3.63, 3.8) is 0 Å². The molecule has 2 aliphatic heterocycles. The van der Waals surface area contributed by atoms with E-state index in [1.54, 1.807) is 11.0 Å². The molecule has 4 nitrogen and oxygen atoms in total. The highest BCUT2D eigenvalue weighted by Gasteiger charge is 2.46. The van der Waals surface area contributed by atoms with Gasteiger partial charge in [0.2, 0.25) is 0 Å². The minimum absolute atomic E-state index is 0.00508. The first kappa shape index (κ1) is 14.9. The molecular weight excluding hydrogens is 302 g/mol. The van der Waals surface area contributed by atoms with Gasteiger partial charge in [-0.2, -0.15) is 0 Å². The summed E-state index contributed by atoms with van der Waals surface area (Å²) < 4.78 is 6.18. The van der Waals surface area contributed by atoms with Crippen LogP contribution in [0.15, 0.2) is 48.5 Å². The molecule has 1 spiro atoms. The Balaban J connectivity index is 1.57. The highest BCUT2D eigenvalue weighted by Crippen LogP contribution is 2.38. The number of para-hydroxylation sites is 1. The van der Waals surface area contributed by atoms with Crippen molar-refractivity contribution < 1.29 is 14.3 Å². The summed E-state index contributed by atoms with van der Waals surface area (Å²) in [5, 5.41) is 0. The first-order valence-electron chi connectivity index (χ1n) is 8.24. The van der Waals surface area contributed by atoms with Crippen molar-refractivity contribution in [2.45, 2.75) is 25.4 Å². The zero-order chi connectivity index (χ0) is 16.7. The lowest BCUT2D eigenvalue weighted by Gasteiger charge is -2.34. The molecule has 1 saturated heterocycles. The van der Waals surface area contributed by atoms with Gasteiger partial charge in [0, 0.05) is 18.5 Å². The van der Waals surface area contributed by atoms with E-state index >= 15 is 0 Å². The van der Waals surface area contributed by atoms with Crippen LogP contribution in [0.2, 0.25) is 0 Å². The Kier molecular flexibility index (Phi) is 3.41. The van der Waals surface area contributed by atoms with Gasteiger partial charge in [-0.3, -0.25) is 9.59 Å². The Hall–Kier alpha value is -2.62. The largest absolute Gasteiger partial charge is 0.484 e. The van der Waals surface area contributed by atoms with Crippen LogP contribution in [0.1, 0.15) is 39.1 Å². The summed E-state index contributed by atoms with van der Waals surface area (Å²) in [6.45, 7) is 3.05. The lowest BCUT2D eigenvalue weighted by Crippen LogP contribution is -2.45. The average molecular weight is 321 g/mol. The summed E-state index contributed by atoms with van der Waals surface area (Å²) in [6, 6.07) is 15.0. The molecule has 122 valence electrons. The number of carbonyl (C=O) groups is 2. The highest BCUT2D eigenvalue weighted by molar-refractivity contribution is 6.00. The van der Waals surface area contributed by atoms with Gasteiger partial charge in [0.15, 0.2) is 5.78 Å². The first-order chi connectivity index (χ1) is 11.6. The molecule has 24 heavy (non-hydrogen) atoms. The highest BCUT2D eigenvalue weighted by atomic mass is 16.5. The van der Waals surface area contributed by atoms with E-state index in [1.165, 1.54) is 0 Å². The fraction of sp³-hybridized carbons (Fsp3) is 0.300. The van der Waals surface area contributed by atoms with Crippen LogP contribution >= 0.6 is 0 Å². The van der Waals surface area contributed by atoms with Crippen molar-refractivity contribution in [3.8, 4) is 5.75 Å². The Morgan fingerprint density at radius 3 is 2.83 bits per heavy atom. The number of carbonyl (C=O) groups excluding carboxylic acids is 2. The number of hydrogen-bond donors (Lipinski definition) is 0. The van der Waals surface area contributed by atoms with Gasteiger partial charge >= 0.3 is 0 Å². The Morgan fingerprint density at radius 1 is 1.17 bits per heavy atom. The molecular formula is C20H19NO3. The number of hydrogen-bond acceptors (Lipinski definition) is 3. The molecule has 0 radical (unpaired) electrons. The number of nitrogens with zero attached hydrogens (tertiary/aromatic N) is 1. The molecule has 0 bridgehead atoms. The lowest BCUT2D eigenvalue weighted by atomic mass is 9.89. The van der Waals surface area contributed by atoms with Gasteiger partial charge in [-0.1, -0.05) is 29.8 Å². The number of ketones is 1. The monoisotopic (exact) mass is 321 g/mol. The van der Waals surface area contributed by atoms with Crippen molar-refractivity contribution in [1.82, 2.24) is 4.90 Å². The summed E-state index contributed by atoms with van der Waals surface area (Å²) in [5.41, 5.74) is 1.82. The molecule has 4 rings (SSSR count). The smallest absolute Gasteiger partial charge is 0.254 e. The third-order valence-corrected chi connectivity index (χ3v) is 4.87. The van der Waals surface area contributed by atoms with Crippen LogP contribution in [0.4, 0.5) is 0 Å². The van der Waals surface area contributed by atoms with Crippen LogP contribution in [-0.4, -0.2) is 35.3 Å². The number of rotatable bonds is 1. The van der Waals surface area contributed by atoms with Crippen molar-refractivity contribution in [1.29, 1.82) is 0 Å². The molecule has 2 aliphatic rings. The Bertz CT molecular complexity index is 829. The molecule has 0 saturated carbocycles. The molecule has 1 amide bonds. The van der Waals surface area contributed by atoms with E-state index in [4.69, 9.17) is 4.74 Å². The number of amides is 1. The van der Waals surface area contributed by atoms with E-state index in [-0.39, 0.29) is 11.7 Å². The van der Waals surface area contributed by atoms with E-state index in [1.807, 2.05) is 49.4 Å². The molecule has 0 aliphatic carbocycles. The maximum absolute atomic E-state index is 12.7. The van der Waals surface area contributed by atoms with E-state index in [0.717, 1.165) is 5.56 Å². The standard InChI is InChI=1S/C20H19NO3/c1-14-5-4-6-15(11-14)19(23)21-10-9-20(13-21)12-17(22)16-7-2-3-8-18(16)24-20/h2-8,11H,9-10,12-13H2,1H3. The Labute approximate surface area is 141 Å². The quantitative estimate of drug-likeness (QED) is 0.810. The molecule has 1 unspecified atom stereocenters. The van der Waals surface area contributed by atoms with Gasteiger partial charge in [0.1, 0.15) is 11.4 Å². The number of likely N-dealkylation sites (tertiary alicyclic amines) is 1. The van der Waals surface area contributed by atoms with Gasteiger partial charge in [-0.25, -0.2) is 0 Å². The van der Waals surface area contributed by atoms with Crippen molar-refractivity contribution in [3.05, 3.63) is 65.2 Å². The normalized spacial score (nSPS) is 22.4. The molecule has 1 fully saturated rings. The minimum Gasteiger partial charge on any atom is -0.484 e. The fourth-order valence-corrected chi connectivity index (χ4v) is 3.65. The lowest BCUT2D eigenvalue weighted by molar-refractivity contribution is 0.0428. The number of fused-ring (bicyclic) bond motifs is 1. The molecule has 0 aromatic heterocycles. The molecule has 2 aromatic rings. The van der Waals surface area contributed by atoms with Gasteiger partial charge in [-0.05, 0) is 31.2 Å². The second-order valence-electron chi connectivity index (χ2n) is 6.73. The summed E-state index contributed by atoms with van der Waals surface area (Å²) in [5.74, 6) is 0.741. The maximum Gasteiger partial charge on any atom is 0.254 e. The summed E-state index contributed by atoms with van der Waals surface area (Å²) >= 11 is 0. The SMILES string of the molecule is Cc1cccc(C(=O)N2CCC3(CC(=O)c4ccccc4O3)C2)c1. The number of benzene rings is 2. The Morgan fingerprint density at radius 2 is 2.00 bits per heavy atom. The van der Waals surface area contributed by atoms with Gasteiger partial charge in [-0.15, -0.1) is 0 Å². The minimum atomic E-state index is -0.578. The van der Waals surface area contributed by atoms with Crippen LogP contribution in [0, 0.1) is 6.92 Å². The summed E-state index contributed by atoms with van der Waals surface area (Å²) in [7, 11) is 0. The third-order valence-electron chi connectivity index (χ3n) is 4.87. The van der Waals surface area contributed by atoms with Gasteiger partial charge in [0.25, 0.3) is 5.91 Å². The zero-order valence-electron chi connectivity index (χ0n) is 13.6. The average Bonchev–Trinajstić information content (AvgIpc) is 2.97. The number of aryl methyl sites for hydroxylation is 1. The maximum atomic E-state index is 12.7. The van der Waals surface area contributed by atoms with Crippen LogP contribution in [0.3, 0.4) is 0 Å². The van der Waals surface area contributed by atoms with E-state index in [0.29, 0.717) is 42.8 Å². The first-order valence-corrected chi connectivity index (χ1v) is 8.24. The van der Waals surface area contributed by atoms with E-state index < -0.39 is 5.60 Å². The predicted molar refractivity (Wildman–Crippen MR) is 90.4 cm³/mol. The second kappa shape index (κ2) is 5.48. The van der Waals surface area contributed by atoms with Crippen molar-refractivity contribution in [2.75, 3.05) is 13.1 Å². The molecule has 2 heterocycles. The van der Waals surface area contributed by atoms with Gasteiger partial charge in [0.05, 0.1) is 18.5 Å². The summed E-state index contributed by atoms with van der Waals surface area (Å²) in [4.78, 5) is 27.0. The predicted octanol–water partition coefficient (Wildman–Crippen LogP) is 3.25. The van der Waals surface area contributed by atoms with Crippen LogP contribution in [0.5, 0.6) is 5.75 Å². The fourth-order valence-electron chi connectivity index (χ4n) is 3.65. The zero-order valence-corrected chi connectivity index (χ0v) is 13.6. The third kappa shape index (κ3) is 2.48. The summed E-state index contributed by atoms with van der Waals surface area (Å²) in [6.07, 6.45) is 1.02. The molecule has 4 heteroatoms. The van der Waals surface area contributed by atoms with Crippen molar-refractivity contribution in [2.24, 2.45) is 0 Å². The topological polar surface area (TPSA) is 46.6 Å². The van der Waals surface area contributed by atoms with Crippen LogP contribution < -0.4 is 4.74 Å². The number of Topliss-reactive ketones (excluding diaryl/α,β-unsaturated/α-hetero) is 1. The van der Waals surface area contributed by atoms with Crippen LogP contribution in [0.25, 0.3) is 0 Å². The second-order valence-corrected chi connectivity index (χ2v) is 6.73. The molecule has 0 N–H and O–H groups in total. The van der Waals surface area contributed by atoms with E-state index in [2.05, 4.69) is 0 Å². The van der Waals surface area contributed by atoms with Crippen molar-refractivity contribution >= 4 is 11.7 Å². The number of ether oxygens (including phenoxy) is 1.